The second kappa shape index (κ2) is 8.64. The lowest BCUT2D eigenvalue weighted by Crippen LogP contribution is -2.41. The van der Waals surface area contributed by atoms with E-state index in [0.29, 0.717) is 44.7 Å². The number of carbonyl (C=O) groups is 2. The minimum absolute atomic E-state index is 0.0442. The quantitative estimate of drug-likeness (QED) is 0.825. The fourth-order valence-electron chi connectivity index (χ4n) is 3.94. The number of hydrogen-bond acceptors (Lipinski definition) is 5. The first-order valence-electron chi connectivity index (χ1n) is 10.2. The van der Waals surface area contributed by atoms with E-state index < -0.39 is 6.04 Å². The Morgan fingerprint density at radius 1 is 1.30 bits per heavy atom. The number of fused-ring (bicyclic) bond motifs is 1. The number of pyridine rings is 1. The van der Waals surface area contributed by atoms with E-state index in [-0.39, 0.29) is 17.7 Å². The molecule has 2 aliphatic rings. The Hall–Kier alpha value is -3.24. The monoisotopic (exact) mass is 404 g/mol. The predicted octanol–water partition coefficient (Wildman–Crippen LogP) is 2.31. The Kier molecular flexibility index (Phi) is 5.77. The zero-order valence-electron chi connectivity index (χ0n) is 16.9. The largest absolute Gasteiger partial charge is 0.381 e. The molecule has 4 rings (SSSR count). The van der Waals surface area contributed by atoms with Gasteiger partial charge in [0.1, 0.15) is 11.7 Å². The molecule has 1 atom stereocenters. The molecule has 0 spiro atoms. The highest BCUT2D eigenvalue weighted by molar-refractivity contribution is 5.96. The van der Waals surface area contributed by atoms with Gasteiger partial charge in [-0.05, 0) is 30.0 Å². The lowest BCUT2D eigenvalue weighted by Gasteiger charge is -2.22. The van der Waals surface area contributed by atoms with Crippen molar-refractivity contribution in [3.8, 4) is 17.2 Å². The summed E-state index contributed by atoms with van der Waals surface area (Å²) in [5.74, 6) is -0.183. The van der Waals surface area contributed by atoms with Crippen molar-refractivity contribution in [1.82, 2.24) is 15.2 Å². The van der Waals surface area contributed by atoms with Gasteiger partial charge in [0.05, 0.1) is 6.07 Å². The number of benzene rings is 1. The molecule has 2 aliphatic heterocycles. The smallest absolute Gasteiger partial charge is 0.272 e. The first-order chi connectivity index (χ1) is 14.5. The predicted molar refractivity (Wildman–Crippen MR) is 110 cm³/mol. The lowest BCUT2D eigenvalue weighted by molar-refractivity contribution is -0.128. The van der Waals surface area contributed by atoms with Gasteiger partial charge in [-0.25, -0.2) is 0 Å². The number of hydrogen-bond donors (Lipinski definition) is 1. The van der Waals surface area contributed by atoms with Crippen molar-refractivity contribution in [2.75, 3.05) is 20.3 Å². The van der Waals surface area contributed by atoms with Crippen molar-refractivity contribution in [1.29, 1.82) is 5.26 Å². The van der Waals surface area contributed by atoms with E-state index in [4.69, 9.17) is 4.74 Å². The third-order valence-corrected chi connectivity index (χ3v) is 5.71. The van der Waals surface area contributed by atoms with E-state index in [1.54, 1.807) is 18.1 Å². The Morgan fingerprint density at radius 3 is 2.73 bits per heavy atom. The molecule has 154 valence electrons. The van der Waals surface area contributed by atoms with Crippen LogP contribution >= 0.6 is 0 Å². The van der Waals surface area contributed by atoms with Crippen LogP contribution in [0.5, 0.6) is 0 Å². The summed E-state index contributed by atoms with van der Waals surface area (Å²) in [4.78, 5) is 30.4. The van der Waals surface area contributed by atoms with E-state index in [1.807, 2.05) is 30.3 Å². The molecule has 0 saturated carbocycles. The SMILES string of the molecule is CN1Cc2cc(-c3ccc(CC(C#N)NC(=O)C4CCOCC4)cc3)cnc2C1=O. The molecule has 1 aromatic heterocycles. The van der Waals surface area contributed by atoms with E-state index >= 15 is 0 Å². The van der Waals surface area contributed by atoms with Gasteiger partial charge in [-0.1, -0.05) is 24.3 Å². The summed E-state index contributed by atoms with van der Waals surface area (Å²) in [6, 6.07) is 11.5. The molecule has 0 bridgehead atoms. The van der Waals surface area contributed by atoms with Gasteiger partial charge in [0, 0.05) is 56.5 Å². The van der Waals surface area contributed by atoms with Gasteiger partial charge in [0.15, 0.2) is 0 Å². The van der Waals surface area contributed by atoms with E-state index in [2.05, 4.69) is 16.4 Å². The number of nitrogens with one attached hydrogen (secondary N) is 1. The van der Waals surface area contributed by atoms with Crippen molar-refractivity contribution >= 4 is 11.8 Å². The first-order valence-corrected chi connectivity index (χ1v) is 10.2. The molecule has 1 aromatic carbocycles. The second-order valence-corrected chi connectivity index (χ2v) is 7.87. The molecule has 1 unspecified atom stereocenters. The van der Waals surface area contributed by atoms with Crippen LogP contribution in [0.25, 0.3) is 11.1 Å². The summed E-state index contributed by atoms with van der Waals surface area (Å²) in [6.45, 7) is 1.77. The molecule has 30 heavy (non-hydrogen) atoms. The third-order valence-electron chi connectivity index (χ3n) is 5.71. The van der Waals surface area contributed by atoms with Gasteiger partial charge < -0.3 is 15.0 Å². The molecular weight excluding hydrogens is 380 g/mol. The zero-order chi connectivity index (χ0) is 21.1. The molecule has 1 N–H and O–H groups in total. The maximum Gasteiger partial charge on any atom is 0.272 e. The molecule has 3 heterocycles. The van der Waals surface area contributed by atoms with Gasteiger partial charge in [-0.15, -0.1) is 0 Å². The number of nitriles is 1. The van der Waals surface area contributed by atoms with E-state index in [1.165, 1.54) is 0 Å². The lowest BCUT2D eigenvalue weighted by atomic mass is 9.97. The molecule has 1 fully saturated rings. The summed E-state index contributed by atoms with van der Waals surface area (Å²) in [5.41, 5.74) is 4.38. The number of ether oxygens (including phenoxy) is 1. The minimum Gasteiger partial charge on any atom is -0.381 e. The van der Waals surface area contributed by atoms with Gasteiger partial charge in [0.25, 0.3) is 5.91 Å². The summed E-state index contributed by atoms with van der Waals surface area (Å²) in [7, 11) is 1.77. The van der Waals surface area contributed by atoms with Crippen LogP contribution in [0.1, 0.15) is 34.5 Å². The zero-order valence-corrected chi connectivity index (χ0v) is 16.9. The van der Waals surface area contributed by atoms with Crippen LogP contribution in [0, 0.1) is 17.2 Å². The molecule has 7 nitrogen and oxygen atoms in total. The summed E-state index contributed by atoms with van der Waals surface area (Å²) >= 11 is 0. The van der Waals surface area contributed by atoms with Crippen molar-refractivity contribution in [3.05, 3.63) is 53.3 Å². The highest BCUT2D eigenvalue weighted by Crippen LogP contribution is 2.26. The van der Waals surface area contributed by atoms with Gasteiger partial charge in [-0.3, -0.25) is 14.6 Å². The Balaban J connectivity index is 1.41. The van der Waals surface area contributed by atoms with Crippen LogP contribution in [0.4, 0.5) is 0 Å². The standard InChI is InChI=1S/C23H24N4O3/c1-27-14-19-11-18(13-25-21(19)23(27)29)16-4-2-15(3-5-16)10-20(12-24)26-22(28)17-6-8-30-9-7-17/h2-5,11,13,17,20H,6-10,14H2,1H3,(H,26,28). The van der Waals surface area contributed by atoms with Crippen LogP contribution in [-0.2, 0) is 22.5 Å². The Bertz CT molecular complexity index is 990. The van der Waals surface area contributed by atoms with Crippen LogP contribution in [0.15, 0.2) is 36.5 Å². The van der Waals surface area contributed by atoms with Crippen molar-refractivity contribution in [2.45, 2.75) is 31.8 Å². The Labute approximate surface area is 175 Å². The van der Waals surface area contributed by atoms with Crippen LogP contribution in [-0.4, -0.2) is 48.0 Å². The number of carbonyl (C=O) groups excluding carboxylic acids is 2. The molecule has 7 heteroatoms. The third kappa shape index (κ3) is 4.19. The van der Waals surface area contributed by atoms with Gasteiger partial charge in [-0.2, -0.15) is 5.26 Å². The number of amides is 2. The molecule has 0 aliphatic carbocycles. The van der Waals surface area contributed by atoms with Crippen LogP contribution in [0.2, 0.25) is 0 Å². The normalized spacial score (nSPS) is 17.3. The number of nitrogens with zero attached hydrogens (tertiary/aromatic N) is 3. The van der Waals surface area contributed by atoms with E-state index in [0.717, 1.165) is 22.3 Å². The molecule has 2 amide bonds. The average molecular weight is 404 g/mol. The van der Waals surface area contributed by atoms with Gasteiger partial charge >= 0.3 is 0 Å². The molecular formula is C23H24N4O3. The molecule has 0 radical (unpaired) electrons. The molecule has 1 saturated heterocycles. The number of rotatable bonds is 5. The van der Waals surface area contributed by atoms with Crippen molar-refractivity contribution in [3.63, 3.8) is 0 Å². The van der Waals surface area contributed by atoms with E-state index in [9.17, 15) is 14.9 Å². The first kappa shape index (κ1) is 20.0. The van der Waals surface area contributed by atoms with Crippen LogP contribution in [0.3, 0.4) is 0 Å². The summed E-state index contributed by atoms with van der Waals surface area (Å²) in [6.07, 6.45) is 3.58. The Morgan fingerprint density at radius 2 is 2.03 bits per heavy atom. The van der Waals surface area contributed by atoms with Crippen LogP contribution < -0.4 is 5.32 Å². The maximum absolute atomic E-state index is 12.4. The number of aromatic nitrogens is 1. The van der Waals surface area contributed by atoms with Crippen molar-refractivity contribution in [2.24, 2.45) is 5.92 Å². The fourth-order valence-corrected chi connectivity index (χ4v) is 3.94. The summed E-state index contributed by atoms with van der Waals surface area (Å²) in [5, 5.41) is 12.3. The fraction of sp³-hybridized carbons (Fsp3) is 0.391. The molecule has 2 aromatic rings. The summed E-state index contributed by atoms with van der Waals surface area (Å²) < 4.78 is 5.29. The highest BCUT2D eigenvalue weighted by Gasteiger charge is 2.26. The second-order valence-electron chi connectivity index (χ2n) is 7.87. The van der Waals surface area contributed by atoms with Crippen molar-refractivity contribution < 1.29 is 14.3 Å². The minimum atomic E-state index is -0.561. The topological polar surface area (TPSA) is 95.3 Å². The highest BCUT2D eigenvalue weighted by atomic mass is 16.5. The average Bonchev–Trinajstić information content (AvgIpc) is 3.07. The maximum atomic E-state index is 12.4. The van der Waals surface area contributed by atoms with Gasteiger partial charge in [0.2, 0.25) is 5.91 Å².